The van der Waals surface area contributed by atoms with E-state index in [-0.39, 0.29) is 28.9 Å². The first-order chi connectivity index (χ1) is 12.5. The molecule has 0 bridgehead atoms. The molecule has 1 aromatic carbocycles. The zero-order valence-corrected chi connectivity index (χ0v) is 14.9. The Morgan fingerprint density at radius 2 is 2.12 bits per heavy atom. The van der Waals surface area contributed by atoms with Crippen LogP contribution in [0.15, 0.2) is 12.1 Å². The van der Waals surface area contributed by atoms with Crippen molar-refractivity contribution in [1.82, 2.24) is 21.1 Å². The second-order valence-corrected chi connectivity index (χ2v) is 6.48. The van der Waals surface area contributed by atoms with Crippen molar-refractivity contribution in [2.75, 3.05) is 32.2 Å². The highest BCUT2D eigenvalue weighted by Gasteiger charge is 2.30. The summed E-state index contributed by atoms with van der Waals surface area (Å²) in [5.74, 6) is -1.45. The first-order valence-corrected chi connectivity index (χ1v) is 8.65. The summed E-state index contributed by atoms with van der Waals surface area (Å²) in [7, 11) is 1.24. The van der Waals surface area contributed by atoms with Gasteiger partial charge >= 0.3 is 5.97 Å². The lowest BCUT2D eigenvalue weighted by Gasteiger charge is -2.35. The number of esters is 1. The maximum Gasteiger partial charge on any atom is 0.339 e. The van der Waals surface area contributed by atoms with Crippen molar-refractivity contribution in [1.29, 1.82) is 0 Å². The molecule has 9 heteroatoms. The summed E-state index contributed by atoms with van der Waals surface area (Å²) in [6, 6.07) is 2.02. The van der Waals surface area contributed by atoms with Gasteiger partial charge in [-0.3, -0.25) is 9.69 Å². The Bertz CT molecular complexity index is 685. The van der Waals surface area contributed by atoms with Gasteiger partial charge in [0.2, 0.25) is 5.91 Å². The van der Waals surface area contributed by atoms with Crippen molar-refractivity contribution in [3.63, 3.8) is 0 Å². The lowest BCUT2D eigenvalue weighted by atomic mass is 10.0. The van der Waals surface area contributed by atoms with E-state index in [1.54, 1.807) is 0 Å². The van der Waals surface area contributed by atoms with Gasteiger partial charge < -0.3 is 15.4 Å². The molecule has 2 atom stereocenters. The quantitative estimate of drug-likeness (QED) is 0.570. The molecule has 0 spiro atoms. The minimum Gasteiger partial charge on any atom is -0.465 e. The van der Waals surface area contributed by atoms with E-state index in [1.165, 1.54) is 26.2 Å². The molecule has 3 rings (SSSR count). The van der Waals surface area contributed by atoms with Crippen molar-refractivity contribution in [2.24, 2.45) is 0 Å². The summed E-state index contributed by atoms with van der Waals surface area (Å²) >= 11 is 0. The third-order valence-electron chi connectivity index (χ3n) is 4.85. The highest BCUT2D eigenvalue weighted by atomic mass is 19.1. The molecule has 26 heavy (non-hydrogen) atoms. The van der Waals surface area contributed by atoms with Crippen LogP contribution < -0.4 is 21.5 Å². The van der Waals surface area contributed by atoms with E-state index < -0.39 is 17.8 Å². The number of amides is 1. The first-order valence-electron chi connectivity index (χ1n) is 8.65. The zero-order valence-electron chi connectivity index (χ0n) is 14.9. The summed E-state index contributed by atoms with van der Waals surface area (Å²) in [5.41, 5.74) is 6.66. The van der Waals surface area contributed by atoms with Crippen LogP contribution >= 0.6 is 0 Å². The Labute approximate surface area is 151 Å². The average Bonchev–Trinajstić information content (AvgIpc) is 3.20. The number of hydrazine groups is 1. The van der Waals surface area contributed by atoms with Crippen LogP contribution in [0.1, 0.15) is 28.8 Å². The lowest BCUT2D eigenvalue weighted by Crippen LogP contribution is -2.60. The minimum absolute atomic E-state index is 0.129. The van der Waals surface area contributed by atoms with Crippen LogP contribution in [0.2, 0.25) is 0 Å². The molecule has 2 unspecified atom stereocenters. The van der Waals surface area contributed by atoms with Gasteiger partial charge in [0.1, 0.15) is 11.9 Å². The molecular weight excluding hydrogens is 341 g/mol. The smallest absolute Gasteiger partial charge is 0.339 e. The Kier molecular flexibility index (Phi) is 5.82. The molecule has 2 heterocycles. The van der Waals surface area contributed by atoms with Gasteiger partial charge in [-0.25, -0.2) is 20.0 Å². The minimum atomic E-state index is -0.625. The predicted octanol–water partition coefficient (Wildman–Crippen LogP) is 0.305. The van der Waals surface area contributed by atoms with Gasteiger partial charge in [0.15, 0.2) is 0 Å². The van der Waals surface area contributed by atoms with Crippen LogP contribution in [-0.4, -0.2) is 55.9 Å². The molecule has 142 valence electrons. The van der Waals surface area contributed by atoms with Gasteiger partial charge in [0.25, 0.3) is 0 Å². The van der Waals surface area contributed by atoms with Crippen LogP contribution in [-0.2, 0) is 9.53 Å². The molecule has 0 radical (unpaired) electrons. The molecule has 8 nitrogen and oxygen atoms in total. The first kappa shape index (κ1) is 18.7. The fourth-order valence-corrected chi connectivity index (χ4v) is 3.26. The topological polar surface area (TPSA) is 94.7 Å². The fraction of sp³-hybridized carbons (Fsp3) is 0.529. The molecule has 2 saturated heterocycles. The van der Waals surface area contributed by atoms with E-state index in [0.717, 1.165) is 26.2 Å². The Balaban J connectivity index is 1.67. The van der Waals surface area contributed by atoms with Gasteiger partial charge in [-0.1, -0.05) is 0 Å². The number of ether oxygens (including phenoxy) is 1. The van der Waals surface area contributed by atoms with E-state index in [9.17, 15) is 14.0 Å². The summed E-state index contributed by atoms with van der Waals surface area (Å²) in [4.78, 5) is 26.8. The van der Waals surface area contributed by atoms with Crippen molar-refractivity contribution in [2.45, 2.75) is 32.0 Å². The predicted molar refractivity (Wildman–Crippen MR) is 93.8 cm³/mol. The molecule has 2 aliphatic rings. The average molecular weight is 365 g/mol. The number of methoxy groups -OCH3 is 1. The van der Waals surface area contributed by atoms with E-state index in [4.69, 9.17) is 4.74 Å². The number of hydrogen-bond acceptors (Lipinski definition) is 7. The fourth-order valence-electron chi connectivity index (χ4n) is 3.26. The van der Waals surface area contributed by atoms with Gasteiger partial charge in [0.05, 0.1) is 24.5 Å². The summed E-state index contributed by atoms with van der Waals surface area (Å²) in [6.07, 6.45) is 1.59. The molecule has 1 amide bonds. The number of nitrogens with zero attached hydrogens (tertiary/aromatic N) is 1. The van der Waals surface area contributed by atoms with Crippen molar-refractivity contribution >= 4 is 17.6 Å². The van der Waals surface area contributed by atoms with Crippen molar-refractivity contribution in [3.05, 3.63) is 29.1 Å². The summed E-state index contributed by atoms with van der Waals surface area (Å²) < 4.78 is 18.6. The molecule has 1 aromatic rings. The largest absolute Gasteiger partial charge is 0.465 e. The third-order valence-corrected chi connectivity index (χ3v) is 4.85. The second-order valence-electron chi connectivity index (χ2n) is 6.48. The maximum atomic E-state index is 13.9. The second kappa shape index (κ2) is 8.09. The SMILES string of the molecule is COC(=O)c1ccc(F)c(C)c1NC(=O)C1CCC(N2CCNC2)NN1. The van der Waals surface area contributed by atoms with E-state index in [0.29, 0.717) is 6.42 Å². The highest BCUT2D eigenvalue weighted by molar-refractivity contribution is 6.03. The molecule has 2 aliphatic heterocycles. The van der Waals surface area contributed by atoms with Crippen LogP contribution in [0.4, 0.5) is 10.1 Å². The third kappa shape index (κ3) is 3.85. The standard InChI is InChI=1S/C17H24FN5O3/c1-10-12(18)4-3-11(17(25)26-2)15(10)20-16(24)13-5-6-14(22-21-13)23-8-7-19-9-23/h3-4,13-14,19,21-22H,5-9H2,1-2H3,(H,20,24). The summed E-state index contributed by atoms with van der Waals surface area (Å²) in [5, 5.41) is 5.95. The molecule has 0 aromatic heterocycles. The Morgan fingerprint density at radius 3 is 2.73 bits per heavy atom. The molecule has 0 saturated carbocycles. The van der Waals surface area contributed by atoms with Crippen LogP contribution in [0.5, 0.6) is 0 Å². The van der Waals surface area contributed by atoms with Crippen molar-refractivity contribution < 1.29 is 18.7 Å². The van der Waals surface area contributed by atoms with E-state index >= 15 is 0 Å². The number of rotatable bonds is 4. The number of nitrogens with one attached hydrogen (secondary N) is 4. The van der Waals surface area contributed by atoms with Gasteiger partial charge in [-0.05, 0) is 31.9 Å². The zero-order chi connectivity index (χ0) is 18.7. The van der Waals surface area contributed by atoms with E-state index in [1.807, 2.05) is 0 Å². The van der Waals surface area contributed by atoms with Gasteiger partial charge in [0, 0.05) is 25.3 Å². The maximum absolute atomic E-state index is 13.9. The number of hydrogen-bond donors (Lipinski definition) is 4. The molecule has 2 fully saturated rings. The number of halogens is 1. The Hall–Kier alpha value is -2.07. The Morgan fingerprint density at radius 1 is 1.31 bits per heavy atom. The molecular formula is C17H24FN5O3. The number of carbonyl (C=O) groups is 2. The lowest BCUT2D eigenvalue weighted by molar-refractivity contribution is -0.119. The number of benzene rings is 1. The van der Waals surface area contributed by atoms with Gasteiger partial charge in [-0.15, -0.1) is 0 Å². The van der Waals surface area contributed by atoms with Crippen LogP contribution in [0.25, 0.3) is 0 Å². The summed E-state index contributed by atoms with van der Waals surface area (Å²) in [6.45, 7) is 4.25. The van der Waals surface area contributed by atoms with Crippen molar-refractivity contribution in [3.8, 4) is 0 Å². The number of anilines is 1. The number of carbonyl (C=O) groups excluding carboxylic acids is 2. The molecule has 4 N–H and O–H groups in total. The van der Waals surface area contributed by atoms with Crippen LogP contribution in [0, 0.1) is 12.7 Å². The normalized spacial score (nSPS) is 23.7. The van der Waals surface area contributed by atoms with Crippen LogP contribution in [0.3, 0.4) is 0 Å². The highest BCUT2D eigenvalue weighted by Crippen LogP contribution is 2.25. The molecule has 0 aliphatic carbocycles. The van der Waals surface area contributed by atoms with Gasteiger partial charge in [-0.2, -0.15) is 0 Å². The monoisotopic (exact) mass is 365 g/mol. The van der Waals surface area contributed by atoms with E-state index in [2.05, 4.69) is 26.4 Å².